The monoisotopic (exact) mass is 190 g/mol. The molecule has 2 rings (SSSR count). The summed E-state index contributed by atoms with van der Waals surface area (Å²) in [6.07, 6.45) is 8.51. The van der Waals surface area contributed by atoms with Crippen LogP contribution in [0.25, 0.3) is 6.08 Å². The minimum absolute atomic E-state index is 0.426. The molecule has 13 heavy (non-hydrogen) atoms. The van der Waals surface area contributed by atoms with Crippen molar-refractivity contribution in [3.63, 3.8) is 0 Å². The van der Waals surface area contributed by atoms with E-state index in [1.165, 1.54) is 11.1 Å². The summed E-state index contributed by atoms with van der Waals surface area (Å²) in [4.78, 5) is 0. The predicted octanol–water partition coefficient (Wildman–Crippen LogP) is 3.59. The van der Waals surface area contributed by atoms with Crippen molar-refractivity contribution in [3.05, 3.63) is 53.6 Å². The fourth-order valence-electron chi connectivity index (χ4n) is 1.64. The number of allylic oxidation sites excluding steroid dienone is 3. The first-order valence-corrected chi connectivity index (χ1v) is 4.95. The number of rotatable bonds is 2. The molecular weight excluding hydrogens is 180 g/mol. The smallest absolute Gasteiger partial charge is 0.0404 e. The van der Waals surface area contributed by atoms with Gasteiger partial charge in [0.1, 0.15) is 0 Å². The zero-order chi connectivity index (χ0) is 9.10. The second-order valence-electron chi connectivity index (χ2n) is 3.10. The predicted molar refractivity (Wildman–Crippen MR) is 58.1 cm³/mol. The highest BCUT2D eigenvalue weighted by molar-refractivity contribution is 6.18. The van der Waals surface area contributed by atoms with E-state index in [2.05, 4.69) is 42.5 Å². The molecule has 1 heteroatoms. The fourth-order valence-corrected chi connectivity index (χ4v) is 1.75. The first kappa shape index (κ1) is 8.58. The molecule has 0 heterocycles. The molecule has 0 spiro atoms. The molecule has 0 aromatic heterocycles. The van der Waals surface area contributed by atoms with Gasteiger partial charge in [-0.1, -0.05) is 48.6 Å². The second-order valence-corrected chi connectivity index (χ2v) is 3.40. The van der Waals surface area contributed by atoms with Crippen LogP contribution in [-0.4, -0.2) is 5.88 Å². The lowest BCUT2D eigenvalue weighted by Gasteiger charge is -2.04. The lowest BCUT2D eigenvalue weighted by atomic mass is 10.0. The molecule has 0 saturated carbocycles. The molecular formula is C12H11Cl. The fraction of sp³-hybridized carbons (Fsp3) is 0.167. The maximum Gasteiger partial charge on any atom is 0.0404 e. The van der Waals surface area contributed by atoms with E-state index >= 15 is 0 Å². The molecule has 0 amide bonds. The molecule has 0 N–H and O–H groups in total. The third-order valence-corrected chi connectivity index (χ3v) is 2.45. The Kier molecular flexibility index (Phi) is 2.51. The molecule has 1 aliphatic rings. The number of benzene rings is 1. The van der Waals surface area contributed by atoms with Gasteiger partial charge in [0.05, 0.1) is 0 Å². The molecule has 1 aliphatic carbocycles. The first-order chi connectivity index (χ1) is 6.42. The van der Waals surface area contributed by atoms with E-state index in [9.17, 15) is 0 Å². The maximum atomic E-state index is 5.60. The zero-order valence-corrected chi connectivity index (χ0v) is 8.04. The topological polar surface area (TPSA) is 0 Å². The lowest BCUT2D eigenvalue weighted by Crippen LogP contribution is -1.87. The van der Waals surface area contributed by atoms with Crippen LogP contribution in [0.3, 0.4) is 0 Å². The summed E-state index contributed by atoms with van der Waals surface area (Å²) in [7, 11) is 0. The van der Waals surface area contributed by atoms with Gasteiger partial charge in [-0.3, -0.25) is 0 Å². The van der Waals surface area contributed by atoms with Gasteiger partial charge in [0.15, 0.2) is 0 Å². The molecule has 1 aromatic rings. The molecule has 1 atom stereocenters. The Bertz CT molecular complexity index is 350. The van der Waals surface area contributed by atoms with Gasteiger partial charge in [0.25, 0.3) is 0 Å². The van der Waals surface area contributed by atoms with Crippen LogP contribution in [0.4, 0.5) is 0 Å². The van der Waals surface area contributed by atoms with Crippen molar-refractivity contribution in [2.24, 2.45) is 0 Å². The molecule has 1 unspecified atom stereocenters. The molecule has 0 nitrogen and oxygen atoms in total. The highest BCUT2D eigenvalue weighted by Crippen LogP contribution is 2.30. The van der Waals surface area contributed by atoms with Gasteiger partial charge in [0.2, 0.25) is 0 Å². The summed E-state index contributed by atoms with van der Waals surface area (Å²) < 4.78 is 0. The molecule has 0 saturated heterocycles. The minimum Gasteiger partial charge on any atom is -0.122 e. The summed E-state index contributed by atoms with van der Waals surface area (Å²) in [6, 6.07) is 8.45. The number of hydrogen-bond donors (Lipinski definition) is 0. The van der Waals surface area contributed by atoms with Crippen molar-refractivity contribution in [1.82, 2.24) is 0 Å². The van der Waals surface area contributed by atoms with Gasteiger partial charge < -0.3 is 0 Å². The normalized spacial score (nSPS) is 19.6. The van der Waals surface area contributed by atoms with Crippen LogP contribution in [0.5, 0.6) is 0 Å². The van der Waals surface area contributed by atoms with Crippen molar-refractivity contribution < 1.29 is 0 Å². The van der Waals surface area contributed by atoms with Crippen LogP contribution in [0, 0.1) is 0 Å². The van der Waals surface area contributed by atoms with E-state index in [0.717, 1.165) is 0 Å². The van der Waals surface area contributed by atoms with Crippen LogP contribution >= 0.6 is 11.6 Å². The molecule has 0 fully saturated rings. The van der Waals surface area contributed by atoms with E-state index in [4.69, 9.17) is 11.6 Å². The quantitative estimate of drug-likeness (QED) is 0.494. The highest BCUT2D eigenvalue weighted by Gasteiger charge is 2.12. The van der Waals surface area contributed by atoms with Crippen LogP contribution in [0.1, 0.15) is 17.0 Å². The number of fused-ring (bicyclic) bond motifs is 1. The summed E-state index contributed by atoms with van der Waals surface area (Å²) in [5, 5.41) is 0. The minimum atomic E-state index is 0.426. The van der Waals surface area contributed by atoms with E-state index in [1.54, 1.807) is 0 Å². The number of alkyl halides is 1. The van der Waals surface area contributed by atoms with Crippen molar-refractivity contribution in [2.45, 2.75) is 5.92 Å². The second kappa shape index (κ2) is 3.80. The Hall–Kier alpha value is -1.01. The largest absolute Gasteiger partial charge is 0.122 e. The Morgan fingerprint density at radius 3 is 3.00 bits per heavy atom. The van der Waals surface area contributed by atoms with Crippen LogP contribution in [-0.2, 0) is 0 Å². The molecule has 1 aromatic carbocycles. The number of hydrogen-bond acceptors (Lipinski definition) is 0. The molecule has 0 bridgehead atoms. The van der Waals surface area contributed by atoms with E-state index in [1.807, 2.05) is 6.08 Å². The van der Waals surface area contributed by atoms with Crippen molar-refractivity contribution in [1.29, 1.82) is 0 Å². The third-order valence-electron chi connectivity index (χ3n) is 2.27. The van der Waals surface area contributed by atoms with Crippen LogP contribution < -0.4 is 0 Å². The van der Waals surface area contributed by atoms with Crippen molar-refractivity contribution in [3.8, 4) is 0 Å². The summed E-state index contributed by atoms with van der Waals surface area (Å²) in [6.45, 7) is 0. The first-order valence-electron chi connectivity index (χ1n) is 4.41. The Morgan fingerprint density at radius 2 is 2.15 bits per heavy atom. The summed E-state index contributed by atoms with van der Waals surface area (Å²) >= 11 is 5.60. The SMILES string of the molecule is ClCC=CC1C=Cc2ccccc21. The van der Waals surface area contributed by atoms with E-state index in [-0.39, 0.29) is 0 Å². The molecule has 0 aliphatic heterocycles. The van der Waals surface area contributed by atoms with E-state index in [0.29, 0.717) is 11.8 Å². The van der Waals surface area contributed by atoms with Crippen molar-refractivity contribution in [2.75, 3.05) is 5.88 Å². The maximum absolute atomic E-state index is 5.60. The van der Waals surface area contributed by atoms with Gasteiger partial charge in [0, 0.05) is 11.8 Å². The average Bonchev–Trinajstić information content (AvgIpc) is 2.58. The molecule has 0 radical (unpaired) electrons. The van der Waals surface area contributed by atoms with Crippen LogP contribution in [0.2, 0.25) is 0 Å². The van der Waals surface area contributed by atoms with Crippen LogP contribution in [0.15, 0.2) is 42.5 Å². The molecule has 66 valence electrons. The van der Waals surface area contributed by atoms with E-state index < -0.39 is 0 Å². The highest BCUT2D eigenvalue weighted by atomic mass is 35.5. The summed E-state index contributed by atoms with van der Waals surface area (Å²) in [5.41, 5.74) is 2.70. The average molecular weight is 191 g/mol. The summed E-state index contributed by atoms with van der Waals surface area (Å²) in [5.74, 6) is 1.02. The Labute approximate surface area is 83.5 Å². The zero-order valence-electron chi connectivity index (χ0n) is 7.28. The van der Waals surface area contributed by atoms with Gasteiger partial charge >= 0.3 is 0 Å². The van der Waals surface area contributed by atoms with Gasteiger partial charge in [-0.05, 0) is 11.1 Å². The van der Waals surface area contributed by atoms with Crippen molar-refractivity contribution >= 4 is 17.7 Å². The number of halogens is 1. The van der Waals surface area contributed by atoms with Gasteiger partial charge in [-0.15, -0.1) is 11.6 Å². The standard InChI is InChI=1S/C12H11Cl/c13-9-3-5-11-8-7-10-4-1-2-6-12(10)11/h1-8,11H,9H2. The Morgan fingerprint density at radius 1 is 1.31 bits per heavy atom. The van der Waals surface area contributed by atoms with Gasteiger partial charge in [-0.25, -0.2) is 0 Å². The lowest BCUT2D eigenvalue weighted by molar-refractivity contribution is 1.11. The van der Waals surface area contributed by atoms with Gasteiger partial charge in [-0.2, -0.15) is 0 Å². The third kappa shape index (κ3) is 1.68. The Balaban J connectivity index is 2.28.